The molecule has 49 heavy (non-hydrogen) atoms. The molecule has 2 heterocycles. The van der Waals surface area contributed by atoms with E-state index in [1.165, 1.54) is 16.7 Å². The minimum atomic E-state index is 0.858. The lowest BCUT2D eigenvalue weighted by Crippen LogP contribution is -2.10. The van der Waals surface area contributed by atoms with E-state index in [0.717, 1.165) is 77.3 Å². The summed E-state index contributed by atoms with van der Waals surface area (Å²) in [5.41, 5.74) is 11.5. The van der Waals surface area contributed by atoms with Crippen molar-refractivity contribution in [1.29, 1.82) is 0 Å². The molecule has 0 spiro atoms. The monoisotopic (exact) mass is 627 g/mol. The molecule has 3 heteroatoms. The standard InChI is InChI=1S/C46H29NO2/c1-2-11-30(12-3-1)35-14-6-7-15-36(35)32-21-24-33(25-22-32)47(34-26-28-43-40(29-34)38-17-8-9-19-42(38)48-43)41-18-10-20-44-45(41)39-27-23-31-13-4-5-16-37(31)46(39)49-44/h1-29H. The Labute approximate surface area is 282 Å². The van der Waals surface area contributed by atoms with Gasteiger partial charge in [0, 0.05) is 32.9 Å². The maximum atomic E-state index is 6.63. The second kappa shape index (κ2) is 11.0. The Hall–Kier alpha value is -6.58. The molecule has 0 saturated heterocycles. The molecule has 0 aliphatic rings. The Morgan fingerprint density at radius 3 is 1.86 bits per heavy atom. The van der Waals surface area contributed by atoms with Crippen molar-refractivity contribution in [3.8, 4) is 22.3 Å². The summed E-state index contributed by atoms with van der Waals surface area (Å²) in [5.74, 6) is 0. The third kappa shape index (κ3) is 4.44. The maximum Gasteiger partial charge on any atom is 0.143 e. The van der Waals surface area contributed by atoms with Gasteiger partial charge in [0.05, 0.1) is 11.1 Å². The highest BCUT2D eigenvalue weighted by Gasteiger charge is 2.21. The largest absolute Gasteiger partial charge is 0.456 e. The number of hydrogen-bond acceptors (Lipinski definition) is 3. The average Bonchev–Trinajstić information content (AvgIpc) is 3.75. The molecule has 0 atom stereocenters. The predicted molar refractivity (Wildman–Crippen MR) is 204 cm³/mol. The molecule has 0 unspecified atom stereocenters. The highest BCUT2D eigenvalue weighted by atomic mass is 16.3. The van der Waals surface area contributed by atoms with E-state index in [1.807, 2.05) is 12.1 Å². The van der Waals surface area contributed by atoms with Gasteiger partial charge in [0.2, 0.25) is 0 Å². The highest BCUT2D eigenvalue weighted by Crippen LogP contribution is 2.46. The molecule has 3 nitrogen and oxygen atoms in total. The normalized spacial score (nSPS) is 11.7. The van der Waals surface area contributed by atoms with Crippen LogP contribution >= 0.6 is 0 Å². The van der Waals surface area contributed by atoms with Crippen molar-refractivity contribution < 1.29 is 8.83 Å². The van der Waals surface area contributed by atoms with Crippen LogP contribution in [0.15, 0.2) is 185 Å². The zero-order chi connectivity index (χ0) is 32.3. The molecule has 230 valence electrons. The van der Waals surface area contributed by atoms with Gasteiger partial charge in [-0.15, -0.1) is 0 Å². The van der Waals surface area contributed by atoms with E-state index in [4.69, 9.17) is 8.83 Å². The molecule has 0 saturated carbocycles. The van der Waals surface area contributed by atoms with Crippen LogP contribution in [0.4, 0.5) is 17.1 Å². The molecule has 10 rings (SSSR count). The van der Waals surface area contributed by atoms with Gasteiger partial charge in [-0.1, -0.05) is 121 Å². The van der Waals surface area contributed by atoms with Crippen LogP contribution in [-0.4, -0.2) is 0 Å². The average molecular weight is 628 g/mol. The van der Waals surface area contributed by atoms with Crippen molar-refractivity contribution in [2.24, 2.45) is 0 Å². The highest BCUT2D eigenvalue weighted by molar-refractivity contribution is 6.20. The van der Waals surface area contributed by atoms with Crippen LogP contribution in [0, 0.1) is 0 Å². The first-order chi connectivity index (χ1) is 24.3. The van der Waals surface area contributed by atoms with Crippen LogP contribution in [0.2, 0.25) is 0 Å². The van der Waals surface area contributed by atoms with Gasteiger partial charge in [-0.25, -0.2) is 0 Å². The van der Waals surface area contributed by atoms with Gasteiger partial charge in [0.15, 0.2) is 0 Å². The van der Waals surface area contributed by atoms with Crippen LogP contribution in [0.5, 0.6) is 0 Å². The third-order valence-electron chi connectivity index (χ3n) is 9.67. The van der Waals surface area contributed by atoms with Gasteiger partial charge in [-0.05, 0) is 82.2 Å². The van der Waals surface area contributed by atoms with E-state index >= 15 is 0 Å². The van der Waals surface area contributed by atoms with Crippen LogP contribution in [0.25, 0.3) is 76.9 Å². The third-order valence-corrected chi connectivity index (χ3v) is 9.67. The summed E-state index contributed by atoms with van der Waals surface area (Å²) in [5, 5.41) is 6.64. The number of rotatable bonds is 5. The number of anilines is 3. The molecule has 0 fully saturated rings. The van der Waals surface area contributed by atoms with Crippen molar-refractivity contribution in [1.82, 2.24) is 0 Å². The van der Waals surface area contributed by atoms with Crippen molar-refractivity contribution in [2.75, 3.05) is 4.90 Å². The molecule has 0 aliphatic carbocycles. The van der Waals surface area contributed by atoms with Gasteiger partial charge < -0.3 is 13.7 Å². The Balaban J connectivity index is 1.20. The first kappa shape index (κ1) is 27.5. The van der Waals surface area contributed by atoms with Crippen LogP contribution in [-0.2, 0) is 0 Å². The van der Waals surface area contributed by atoms with Gasteiger partial charge in [-0.2, -0.15) is 0 Å². The fraction of sp³-hybridized carbons (Fsp3) is 0. The molecule has 0 bridgehead atoms. The van der Waals surface area contributed by atoms with Crippen molar-refractivity contribution in [3.63, 3.8) is 0 Å². The maximum absolute atomic E-state index is 6.63. The lowest BCUT2D eigenvalue weighted by Gasteiger charge is -2.26. The van der Waals surface area contributed by atoms with Crippen molar-refractivity contribution in [3.05, 3.63) is 176 Å². The van der Waals surface area contributed by atoms with Gasteiger partial charge >= 0.3 is 0 Å². The zero-order valence-corrected chi connectivity index (χ0v) is 26.5. The molecule has 10 aromatic rings. The zero-order valence-electron chi connectivity index (χ0n) is 26.5. The fourth-order valence-electron chi connectivity index (χ4n) is 7.40. The van der Waals surface area contributed by atoms with E-state index < -0.39 is 0 Å². The molecular formula is C46H29NO2. The summed E-state index contributed by atoms with van der Waals surface area (Å²) < 4.78 is 12.9. The van der Waals surface area contributed by atoms with Gasteiger partial charge in [-0.3, -0.25) is 0 Å². The lowest BCUT2D eigenvalue weighted by atomic mass is 9.94. The van der Waals surface area contributed by atoms with Crippen molar-refractivity contribution >= 4 is 71.7 Å². The minimum Gasteiger partial charge on any atom is -0.456 e. The topological polar surface area (TPSA) is 29.5 Å². The van der Waals surface area contributed by atoms with E-state index in [9.17, 15) is 0 Å². The fourth-order valence-corrected chi connectivity index (χ4v) is 7.40. The number of para-hydroxylation sites is 1. The molecule has 0 aliphatic heterocycles. The Morgan fingerprint density at radius 1 is 0.367 bits per heavy atom. The van der Waals surface area contributed by atoms with E-state index in [-0.39, 0.29) is 0 Å². The second-order valence-electron chi connectivity index (χ2n) is 12.5. The summed E-state index contributed by atoms with van der Waals surface area (Å²) in [7, 11) is 0. The first-order valence-corrected chi connectivity index (χ1v) is 16.6. The lowest BCUT2D eigenvalue weighted by molar-refractivity contribution is 0.669. The number of benzene rings is 8. The SMILES string of the molecule is c1ccc(-c2ccccc2-c2ccc(N(c3ccc4oc5ccccc5c4c3)c3cccc4oc5c6ccccc6ccc5c34)cc2)cc1. The predicted octanol–water partition coefficient (Wildman–Crippen LogP) is 13.4. The summed E-state index contributed by atoms with van der Waals surface area (Å²) in [6.07, 6.45) is 0. The molecule has 8 aromatic carbocycles. The number of nitrogens with zero attached hydrogens (tertiary/aromatic N) is 1. The van der Waals surface area contributed by atoms with Crippen molar-refractivity contribution in [2.45, 2.75) is 0 Å². The number of fused-ring (bicyclic) bond motifs is 8. The molecule has 0 amide bonds. The second-order valence-corrected chi connectivity index (χ2v) is 12.5. The quantitative estimate of drug-likeness (QED) is 0.190. The first-order valence-electron chi connectivity index (χ1n) is 16.6. The summed E-state index contributed by atoms with van der Waals surface area (Å²) >= 11 is 0. The van der Waals surface area contributed by atoms with Crippen LogP contribution < -0.4 is 4.90 Å². The smallest absolute Gasteiger partial charge is 0.143 e. The molecular weight excluding hydrogens is 599 g/mol. The molecule has 0 N–H and O–H groups in total. The van der Waals surface area contributed by atoms with Crippen LogP contribution in [0.1, 0.15) is 0 Å². The van der Waals surface area contributed by atoms with E-state index in [2.05, 4.69) is 169 Å². The number of hydrogen-bond donors (Lipinski definition) is 0. The molecule has 0 radical (unpaired) electrons. The van der Waals surface area contributed by atoms with Gasteiger partial charge in [0.25, 0.3) is 0 Å². The van der Waals surface area contributed by atoms with E-state index in [1.54, 1.807) is 0 Å². The minimum absolute atomic E-state index is 0.858. The Morgan fingerprint density at radius 2 is 1.02 bits per heavy atom. The summed E-state index contributed by atoms with van der Waals surface area (Å²) in [6, 6.07) is 62.0. The summed E-state index contributed by atoms with van der Waals surface area (Å²) in [6.45, 7) is 0. The van der Waals surface area contributed by atoms with Crippen LogP contribution in [0.3, 0.4) is 0 Å². The van der Waals surface area contributed by atoms with E-state index in [0.29, 0.717) is 0 Å². The Kier molecular flexibility index (Phi) is 6.18. The summed E-state index contributed by atoms with van der Waals surface area (Å²) in [4.78, 5) is 2.35. The number of furan rings is 2. The Bertz CT molecular complexity index is 2830. The molecule has 2 aromatic heterocycles. The van der Waals surface area contributed by atoms with Gasteiger partial charge in [0.1, 0.15) is 22.3 Å².